The first-order valence-electron chi connectivity index (χ1n) is 9.04. The van der Waals surface area contributed by atoms with Crippen LogP contribution in [0, 0.1) is 10.1 Å². The van der Waals surface area contributed by atoms with E-state index in [9.17, 15) is 28.1 Å². The van der Waals surface area contributed by atoms with Crippen molar-refractivity contribution in [1.82, 2.24) is 9.24 Å². The van der Waals surface area contributed by atoms with E-state index < -0.39 is 59.5 Å². The highest BCUT2D eigenvalue weighted by atomic mass is 32.3. The Hall–Kier alpha value is -1.91. The molecule has 0 spiro atoms. The smallest absolute Gasteiger partial charge is 0.400 e. The summed E-state index contributed by atoms with van der Waals surface area (Å²) in [5, 5.41) is 9.76. The van der Waals surface area contributed by atoms with Crippen molar-refractivity contribution in [2.24, 2.45) is 0 Å². The molecule has 1 aromatic rings. The third-order valence-electron chi connectivity index (χ3n) is 5.58. The Morgan fingerprint density at radius 3 is 2.40 bits per heavy atom. The lowest BCUT2D eigenvalue weighted by molar-refractivity contribution is -0.549. The van der Waals surface area contributed by atoms with Crippen LogP contribution in [0.1, 0.15) is 27.0 Å². The fraction of sp³-hybridized carbons (Fsp3) is 0.733. The summed E-state index contributed by atoms with van der Waals surface area (Å²) in [7, 11) is -6.58. The predicted molar refractivity (Wildman–Crippen MR) is 103 cm³/mol. The molecule has 3 rings (SSSR count). The van der Waals surface area contributed by atoms with Crippen molar-refractivity contribution in [3.8, 4) is 0 Å². The fourth-order valence-corrected chi connectivity index (χ4v) is 4.95. The summed E-state index contributed by atoms with van der Waals surface area (Å²) >= 11 is 0. The number of hydrogen-bond acceptors (Lipinski definition) is 10. The van der Waals surface area contributed by atoms with Gasteiger partial charge in [0.25, 0.3) is 0 Å². The van der Waals surface area contributed by atoms with Gasteiger partial charge in [0, 0.05) is 16.9 Å². The van der Waals surface area contributed by atoms with Gasteiger partial charge in [0.15, 0.2) is 25.7 Å². The highest BCUT2D eigenvalue weighted by Crippen LogP contribution is 2.41. The minimum atomic E-state index is -4.35. The minimum absolute atomic E-state index is 0.0311. The molecule has 0 N–H and O–H groups in total. The zero-order valence-corrected chi connectivity index (χ0v) is 18.8. The van der Waals surface area contributed by atoms with E-state index in [0.717, 1.165) is 16.8 Å². The Morgan fingerprint density at radius 1 is 1.23 bits per heavy atom. The molecule has 4 atom stereocenters. The van der Waals surface area contributed by atoms with E-state index in [0.29, 0.717) is 0 Å². The Bertz CT molecular complexity index is 1070. The summed E-state index contributed by atoms with van der Waals surface area (Å²) in [6.45, 7) is 10.0. The van der Waals surface area contributed by atoms with Crippen molar-refractivity contribution < 1.29 is 31.0 Å². The highest BCUT2D eigenvalue weighted by Gasteiger charge is 2.57. The fourth-order valence-electron chi connectivity index (χ4n) is 2.91. The van der Waals surface area contributed by atoms with Crippen LogP contribution < -0.4 is 11.2 Å². The van der Waals surface area contributed by atoms with Crippen molar-refractivity contribution in [1.29, 1.82) is 0 Å². The minimum Gasteiger partial charge on any atom is -0.414 e. The lowest BCUT2D eigenvalue weighted by Crippen LogP contribution is -2.45. The van der Waals surface area contributed by atoms with Crippen molar-refractivity contribution >= 4 is 18.7 Å². The molecule has 0 unspecified atom stereocenters. The first kappa shape index (κ1) is 22.8. The summed E-state index contributed by atoms with van der Waals surface area (Å²) in [5.41, 5.74) is -2.46. The van der Waals surface area contributed by atoms with Crippen LogP contribution in [0.4, 0.5) is 0 Å². The topological polar surface area (TPSA) is 158 Å². The maximum atomic E-state index is 12.5. The first-order chi connectivity index (χ1) is 13.6. The van der Waals surface area contributed by atoms with Gasteiger partial charge in [-0.15, -0.1) is 0 Å². The largest absolute Gasteiger partial charge is 0.414 e. The Labute approximate surface area is 172 Å². The number of rotatable bonds is 5. The van der Waals surface area contributed by atoms with E-state index in [1.807, 2.05) is 33.9 Å². The summed E-state index contributed by atoms with van der Waals surface area (Å²) in [6, 6.07) is 0.798. The van der Waals surface area contributed by atoms with Crippen molar-refractivity contribution in [2.45, 2.75) is 63.4 Å². The number of hydrogen-bond donors (Lipinski definition) is 0. The molecule has 2 fully saturated rings. The second kappa shape index (κ2) is 7.35. The molecule has 0 aliphatic carbocycles. The average Bonchev–Trinajstić information content (AvgIpc) is 3.05. The van der Waals surface area contributed by atoms with Crippen LogP contribution in [0.15, 0.2) is 21.9 Å². The molecule has 168 valence electrons. The molecule has 0 amide bonds. The first-order valence-corrected chi connectivity index (χ1v) is 13.3. The molecule has 0 saturated carbocycles. The summed E-state index contributed by atoms with van der Waals surface area (Å²) in [4.78, 5) is 35.2. The second-order valence-electron chi connectivity index (χ2n) is 8.56. The van der Waals surface area contributed by atoms with Gasteiger partial charge in [-0.05, 0) is 18.1 Å². The van der Waals surface area contributed by atoms with E-state index in [-0.39, 0.29) is 16.3 Å². The van der Waals surface area contributed by atoms with Gasteiger partial charge in [-0.2, -0.15) is 8.42 Å². The third-order valence-corrected chi connectivity index (χ3v) is 11.0. The molecule has 0 radical (unpaired) electrons. The zero-order valence-electron chi connectivity index (χ0n) is 17.0. The van der Waals surface area contributed by atoms with Crippen molar-refractivity contribution in [3.05, 3.63) is 43.2 Å². The Kier molecular flexibility index (Phi) is 5.58. The molecule has 30 heavy (non-hydrogen) atoms. The van der Waals surface area contributed by atoms with Crippen LogP contribution in [0.2, 0.25) is 18.1 Å². The molecule has 13 nitrogen and oxygen atoms in total. The van der Waals surface area contributed by atoms with Crippen molar-refractivity contribution in [2.75, 3.05) is 6.61 Å². The molecule has 0 bridgehead atoms. The lowest BCUT2D eigenvalue weighted by atomic mass is 10.1. The molecular formula is C15H23N3O10SSi. The standard InChI is InChI=1S/C15H23N3O10SSi/c1-15(2,3)30(4,5)25-8-9-11-12(28-29(23,24)27-11)13(26-9)16-7-6-10(19)17(14(16)20)18(21)22/h6-7,9,11-13H,8H2,1-5H3/t9-,11-,12-,13-/m1/s1. The van der Waals surface area contributed by atoms with Crippen LogP contribution in [0.5, 0.6) is 0 Å². The maximum Gasteiger partial charge on any atom is 0.400 e. The lowest BCUT2D eigenvalue weighted by Gasteiger charge is -2.37. The summed E-state index contributed by atoms with van der Waals surface area (Å²) < 4.78 is 46.0. The normalized spacial score (nSPS) is 28.4. The van der Waals surface area contributed by atoms with Gasteiger partial charge in [0.1, 0.15) is 12.2 Å². The Balaban J connectivity index is 1.95. The summed E-state index contributed by atoms with van der Waals surface area (Å²) in [5.74, 6) is 0. The number of nitro groups is 1. The van der Waals surface area contributed by atoms with Crippen LogP contribution in [-0.2, 0) is 27.9 Å². The second-order valence-corrected chi connectivity index (χ2v) is 14.6. The van der Waals surface area contributed by atoms with E-state index in [1.54, 1.807) is 0 Å². The van der Waals surface area contributed by atoms with Gasteiger partial charge < -0.3 is 9.16 Å². The van der Waals surface area contributed by atoms with Crippen LogP contribution in [0.25, 0.3) is 0 Å². The SMILES string of the molecule is CC(C)(C)[Si](C)(C)OC[C@H]1O[C@@H](n2ccc(=O)n([N+](=O)[O-])c2=O)[C@@H]2OS(=O)(=O)O[C@@H]21. The molecule has 2 saturated heterocycles. The maximum absolute atomic E-state index is 12.5. The molecule has 2 aliphatic rings. The van der Waals surface area contributed by atoms with E-state index in [1.165, 1.54) is 0 Å². The highest BCUT2D eigenvalue weighted by molar-refractivity contribution is 7.82. The summed E-state index contributed by atoms with van der Waals surface area (Å²) in [6.07, 6.45) is -3.71. The predicted octanol–water partition coefficient (Wildman–Crippen LogP) is -0.00220. The monoisotopic (exact) mass is 465 g/mol. The van der Waals surface area contributed by atoms with Crippen LogP contribution in [0.3, 0.4) is 0 Å². The molecular weight excluding hydrogens is 442 g/mol. The van der Waals surface area contributed by atoms with Gasteiger partial charge in [0.2, 0.25) is 0 Å². The third kappa shape index (κ3) is 4.00. The van der Waals surface area contributed by atoms with Gasteiger partial charge >= 0.3 is 21.6 Å². The van der Waals surface area contributed by atoms with Gasteiger partial charge in [-0.3, -0.25) is 9.36 Å². The van der Waals surface area contributed by atoms with Gasteiger partial charge in [-0.1, -0.05) is 20.8 Å². The van der Waals surface area contributed by atoms with Gasteiger partial charge in [0.05, 0.1) is 6.61 Å². The molecule has 1 aromatic heterocycles. The number of nitrogens with zero attached hydrogens (tertiary/aromatic N) is 3. The van der Waals surface area contributed by atoms with Gasteiger partial charge in [-0.25, -0.2) is 23.3 Å². The Morgan fingerprint density at radius 2 is 1.83 bits per heavy atom. The van der Waals surface area contributed by atoms with Crippen molar-refractivity contribution in [3.63, 3.8) is 0 Å². The number of aromatic nitrogens is 2. The van der Waals surface area contributed by atoms with E-state index in [4.69, 9.17) is 17.5 Å². The van der Waals surface area contributed by atoms with E-state index >= 15 is 0 Å². The molecule has 0 aromatic carbocycles. The molecule has 15 heteroatoms. The zero-order chi connectivity index (χ0) is 22.6. The van der Waals surface area contributed by atoms with E-state index in [2.05, 4.69) is 0 Å². The number of ether oxygens (including phenoxy) is 1. The molecule has 3 heterocycles. The van der Waals surface area contributed by atoms with Crippen LogP contribution >= 0.6 is 0 Å². The van der Waals surface area contributed by atoms with Crippen LogP contribution in [-0.4, -0.2) is 55.9 Å². The number of fused-ring (bicyclic) bond motifs is 1. The quantitative estimate of drug-likeness (QED) is 0.329. The molecule has 2 aliphatic heterocycles. The average molecular weight is 466 g/mol.